The highest BCUT2D eigenvalue weighted by molar-refractivity contribution is 6.34. The van der Waals surface area contributed by atoms with Crippen molar-refractivity contribution in [3.05, 3.63) is 52.3 Å². The number of hydrogen-bond acceptors (Lipinski definition) is 3. The number of nitrogens with two attached hydrogens (primary N) is 1. The second-order valence-electron chi connectivity index (χ2n) is 4.17. The van der Waals surface area contributed by atoms with Gasteiger partial charge in [0.15, 0.2) is 6.61 Å². The van der Waals surface area contributed by atoms with Crippen LogP contribution >= 0.6 is 23.2 Å². The lowest BCUT2D eigenvalue weighted by Crippen LogP contribution is -2.20. The van der Waals surface area contributed by atoms with E-state index in [4.69, 9.17) is 33.7 Å². The summed E-state index contributed by atoms with van der Waals surface area (Å²) in [6, 6.07) is 8.29. The van der Waals surface area contributed by atoms with Crippen LogP contribution in [-0.2, 0) is 4.79 Å². The van der Waals surface area contributed by atoms with Crippen molar-refractivity contribution in [2.45, 2.75) is 0 Å². The molecule has 0 spiro atoms. The number of halogens is 3. The molecule has 0 atom stereocenters. The first-order valence-corrected chi connectivity index (χ1v) is 6.63. The normalized spacial score (nSPS) is 10.2. The van der Waals surface area contributed by atoms with E-state index in [-0.39, 0.29) is 18.0 Å². The summed E-state index contributed by atoms with van der Waals surface area (Å²) in [5.74, 6) is -0.625. The quantitative estimate of drug-likeness (QED) is 0.840. The van der Waals surface area contributed by atoms with Crippen LogP contribution in [0.1, 0.15) is 0 Å². The second-order valence-corrected chi connectivity index (χ2v) is 5.05. The lowest BCUT2D eigenvalue weighted by Gasteiger charge is -2.10. The Morgan fingerprint density at radius 1 is 1.19 bits per heavy atom. The van der Waals surface area contributed by atoms with E-state index in [1.165, 1.54) is 24.3 Å². The molecule has 2 aromatic carbocycles. The molecule has 0 aliphatic rings. The highest BCUT2D eigenvalue weighted by atomic mass is 35.5. The average Bonchev–Trinajstić information content (AvgIpc) is 2.40. The molecular weight excluding hydrogens is 318 g/mol. The number of amides is 1. The predicted octanol–water partition coefficient (Wildman–Crippen LogP) is 3.73. The van der Waals surface area contributed by atoms with E-state index in [2.05, 4.69) is 5.32 Å². The molecule has 1 amide bonds. The van der Waals surface area contributed by atoms with E-state index < -0.39 is 11.7 Å². The highest BCUT2D eigenvalue weighted by Gasteiger charge is 2.08. The number of carbonyl (C=O) groups is 1. The first-order valence-electron chi connectivity index (χ1n) is 5.88. The number of rotatable bonds is 4. The first-order chi connectivity index (χ1) is 9.94. The third-order valence-electron chi connectivity index (χ3n) is 2.50. The molecular formula is C14H11Cl2FN2O2. The van der Waals surface area contributed by atoms with Crippen molar-refractivity contribution in [3.8, 4) is 5.75 Å². The van der Waals surface area contributed by atoms with E-state index in [9.17, 15) is 9.18 Å². The van der Waals surface area contributed by atoms with Crippen molar-refractivity contribution < 1.29 is 13.9 Å². The van der Waals surface area contributed by atoms with Crippen LogP contribution in [0.2, 0.25) is 10.0 Å². The molecule has 0 bridgehead atoms. The Morgan fingerprint density at radius 3 is 2.52 bits per heavy atom. The molecule has 0 aliphatic heterocycles. The lowest BCUT2D eigenvalue weighted by molar-refractivity contribution is -0.118. The fraction of sp³-hybridized carbons (Fsp3) is 0.0714. The van der Waals surface area contributed by atoms with Crippen molar-refractivity contribution in [1.29, 1.82) is 0 Å². The summed E-state index contributed by atoms with van der Waals surface area (Å²) in [5, 5.41) is 3.25. The van der Waals surface area contributed by atoms with Gasteiger partial charge in [-0.25, -0.2) is 4.39 Å². The third-order valence-corrected chi connectivity index (χ3v) is 2.93. The van der Waals surface area contributed by atoms with Gasteiger partial charge in [0, 0.05) is 10.0 Å². The minimum Gasteiger partial charge on any atom is -0.484 e. The van der Waals surface area contributed by atoms with Crippen LogP contribution < -0.4 is 15.8 Å². The number of anilines is 2. The molecule has 0 radical (unpaired) electrons. The molecule has 3 N–H and O–H groups in total. The van der Waals surface area contributed by atoms with E-state index in [1.807, 2.05) is 0 Å². The van der Waals surface area contributed by atoms with Crippen LogP contribution in [0.25, 0.3) is 0 Å². The largest absolute Gasteiger partial charge is 0.484 e. The van der Waals surface area contributed by atoms with Crippen molar-refractivity contribution in [2.75, 3.05) is 17.7 Å². The van der Waals surface area contributed by atoms with E-state index in [0.29, 0.717) is 15.8 Å². The summed E-state index contributed by atoms with van der Waals surface area (Å²) in [6.07, 6.45) is 0. The molecule has 7 heteroatoms. The fourth-order valence-electron chi connectivity index (χ4n) is 1.58. The van der Waals surface area contributed by atoms with Crippen molar-refractivity contribution >= 4 is 40.5 Å². The molecule has 0 heterocycles. The highest BCUT2D eigenvalue weighted by Crippen LogP contribution is 2.24. The number of hydrogen-bond donors (Lipinski definition) is 2. The number of carbonyl (C=O) groups excluding carboxylic acids is 1. The average molecular weight is 329 g/mol. The van der Waals surface area contributed by atoms with E-state index >= 15 is 0 Å². The summed E-state index contributed by atoms with van der Waals surface area (Å²) in [7, 11) is 0. The molecule has 110 valence electrons. The topological polar surface area (TPSA) is 64.3 Å². The Labute approximate surface area is 130 Å². The number of nitrogens with one attached hydrogen (secondary N) is 1. The minimum absolute atomic E-state index is 0.188. The number of benzene rings is 2. The van der Waals surface area contributed by atoms with Crippen LogP contribution in [-0.4, -0.2) is 12.5 Å². The van der Waals surface area contributed by atoms with E-state index in [0.717, 1.165) is 6.07 Å². The molecule has 2 aromatic rings. The summed E-state index contributed by atoms with van der Waals surface area (Å²) in [6.45, 7) is -0.285. The van der Waals surface area contributed by atoms with Crippen LogP contribution in [0.5, 0.6) is 5.75 Å². The van der Waals surface area contributed by atoms with Crippen LogP contribution in [0.3, 0.4) is 0 Å². The van der Waals surface area contributed by atoms with Gasteiger partial charge in [-0.3, -0.25) is 4.79 Å². The maximum atomic E-state index is 13.1. The predicted molar refractivity (Wildman–Crippen MR) is 81.4 cm³/mol. The van der Waals surface area contributed by atoms with Crippen LogP contribution in [0.15, 0.2) is 36.4 Å². The molecule has 21 heavy (non-hydrogen) atoms. The molecule has 4 nitrogen and oxygen atoms in total. The van der Waals surface area contributed by atoms with Gasteiger partial charge in [-0.1, -0.05) is 23.2 Å². The Hall–Kier alpha value is -1.98. The van der Waals surface area contributed by atoms with Crippen molar-refractivity contribution in [3.63, 3.8) is 0 Å². The summed E-state index contributed by atoms with van der Waals surface area (Å²) < 4.78 is 18.3. The van der Waals surface area contributed by atoms with Gasteiger partial charge >= 0.3 is 0 Å². The molecule has 0 saturated heterocycles. The second kappa shape index (κ2) is 6.65. The zero-order chi connectivity index (χ0) is 15.4. The SMILES string of the molecule is Nc1ccc(F)cc1NC(=O)COc1cc(Cl)cc(Cl)c1. The fourth-order valence-corrected chi connectivity index (χ4v) is 2.09. The van der Waals surface area contributed by atoms with Gasteiger partial charge in [0.25, 0.3) is 5.91 Å². The maximum absolute atomic E-state index is 13.1. The maximum Gasteiger partial charge on any atom is 0.262 e. The number of nitrogen functional groups attached to an aromatic ring is 1. The summed E-state index contributed by atoms with van der Waals surface area (Å²) >= 11 is 11.6. The van der Waals surface area contributed by atoms with Gasteiger partial charge in [-0.05, 0) is 36.4 Å². The molecule has 2 rings (SSSR count). The van der Waals surface area contributed by atoms with Gasteiger partial charge in [-0.2, -0.15) is 0 Å². The van der Waals surface area contributed by atoms with Gasteiger partial charge in [0.2, 0.25) is 0 Å². The Kier molecular flexibility index (Phi) is 4.88. The molecule has 0 fully saturated rings. The summed E-state index contributed by atoms with van der Waals surface area (Å²) in [4.78, 5) is 11.7. The first kappa shape index (κ1) is 15.4. The molecule has 0 aliphatic carbocycles. The zero-order valence-corrected chi connectivity index (χ0v) is 12.2. The van der Waals surface area contributed by atoms with Gasteiger partial charge in [0.1, 0.15) is 11.6 Å². The zero-order valence-electron chi connectivity index (χ0n) is 10.7. The number of ether oxygens (including phenoxy) is 1. The van der Waals surface area contributed by atoms with Crippen molar-refractivity contribution in [2.24, 2.45) is 0 Å². The van der Waals surface area contributed by atoms with Crippen molar-refractivity contribution in [1.82, 2.24) is 0 Å². The van der Waals surface area contributed by atoms with Crippen LogP contribution in [0, 0.1) is 5.82 Å². The standard InChI is InChI=1S/C14H11Cl2FN2O2/c15-8-3-9(16)5-11(4-8)21-7-14(20)19-13-6-10(17)1-2-12(13)18/h1-6H,7,18H2,(H,19,20). The monoisotopic (exact) mass is 328 g/mol. The lowest BCUT2D eigenvalue weighted by atomic mass is 10.2. The van der Waals surface area contributed by atoms with Gasteiger partial charge in [-0.15, -0.1) is 0 Å². The third kappa shape index (κ3) is 4.51. The Bertz CT molecular complexity index is 660. The molecule has 0 saturated carbocycles. The van der Waals surface area contributed by atoms with Gasteiger partial charge < -0.3 is 15.8 Å². The summed E-state index contributed by atoms with van der Waals surface area (Å²) in [5.41, 5.74) is 6.08. The minimum atomic E-state index is -0.498. The Morgan fingerprint density at radius 2 is 1.86 bits per heavy atom. The van der Waals surface area contributed by atoms with E-state index in [1.54, 1.807) is 6.07 Å². The van der Waals surface area contributed by atoms with Crippen LogP contribution in [0.4, 0.5) is 15.8 Å². The molecule has 0 unspecified atom stereocenters. The molecule has 0 aromatic heterocycles. The smallest absolute Gasteiger partial charge is 0.262 e. The van der Waals surface area contributed by atoms with Gasteiger partial charge in [0.05, 0.1) is 11.4 Å². The Balaban J connectivity index is 1.97.